The van der Waals surface area contributed by atoms with Crippen molar-refractivity contribution in [2.45, 2.75) is 39.0 Å². The van der Waals surface area contributed by atoms with Crippen molar-refractivity contribution in [2.24, 2.45) is 0 Å². The van der Waals surface area contributed by atoms with E-state index in [1.54, 1.807) is 0 Å². The van der Waals surface area contributed by atoms with Gasteiger partial charge >= 0.3 is 0 Å². The molecule has 0 aromatic heterocycles. The Morgan fingerprint density at radius 3 is 1.67 bits per heavy atom. The van der Waals surface area contributed by atoms with Gasteiger partial charge in [-0.25, -0.2) is 0 Å². The van der Waals surface area contributed by atoms with Crippen molar-refractivity contribution in [3.8, 4) is 33.4 Å². The predicted molar refractivity (Wildman–Crippen MR) is 129 cm³/mol. The quantitative estimate of drug-likeness (QED) is 0.330. The van der Waals surface area contributed by atoms with E-state index in [0.717, 1.165) is 0 Å². The van der Waals surface area contributed by atoms with E-state index in [1.165, 1.54) is 50.1 Å². The Labute approximate surface area is 180 Å². The number of hydrogen-bond acceptors (Lipinski definition) is 0. The molecular weight excluding hydrogens is 360 g/mol. The van der Waals surface area contributed by atoms with Gasteiger partial charge in [-0.1, -0.05) is 113 Å². The van der Waals surface area contributed by atoms with Crippen LogP contribution in [0.2, 0.25) is 0 Å². The van der Waals surface area contributed by atoms with Crippen LogP contribution in [0, 0.1) is 0 Å². The molecule has 0 spiro atoms. The molecule has 0 bridgehead atoms. The van der Waals surface area contributed by atoms with E-state index in [0.29, 0.717) is 5.92 Å². The lowest BCUT2D eigenvalue weighted by atomic mass is 9.81. The second kappa shape index (κ2) is 6.99. The summed E-state index contributed by atoms with van der Waals surface area (Å²) in [5.74, 6) is 0.566. The van der Waals surface area contributed by atoms with E-state index in [4.69, 9.17) is 0 Å². The molecule has 0 heteroatoms. The number of fused-ring (bicyclic) bond motifs is 3. The van der Waals surface area contributed by atoms with Crippen LogP contribution in [0.25, 0.3) is 33.4 Å². The Kier molecular flexibility index (Phi) is 4.40. The topological polar surface area (TPSA) is 0 Å². The molecule has 0 unspecified atom stereocenters. The molecule has 1 aliphatic carbocycles. The Balaban J connectivity index is 1.48. The van der Waals surface area contributed by atoms with Crippen LogP contribution in [-0.4, -0.2) is 0 Å². The summed E-state index contributed by atoms with van der Waals surface area (Å²) in [6, 6.07) is 33.7. The van der Waals surface area contributed by atoms with Crippen molar-refractivity contribution in [2.75, 3.05) is 0 Å². The molecule has 4 aromatic rings. The normalized spacial score (nSPS) is 13.9. The largest absolute Gasteiger partial charge is 0.0619 e. The third-order valence-electron chi connectivity index (χ3n) is 6.71. The highest BCUT2D eigenvalue weighted by atomic mass is 14.4. The fourth-order valence-corrected chi connectivity index (χ4v) is 4.80. The first-order valence-electron chi connectivity index (χ1n) is 10.9. The highest BCUT2D eigenvalue weighted by Crippen LogP contribution is 2.49. The molecule has 0 atom stereocenters. The Morgan fingerprint density at radius 1 is 0.533 bits per heavy atom. The Hall–Kier alpha value is -3.12. The molecule has 148 valence electrons. The molecule has 0 heterocycles. The van der Waals surface area contributed by atoms with Crippen LogP contribution in [-0.2, 0) is 5.41 Å². The summed E-state index contributed by atoms with van der Waals surface area (Å²) in [6.07, 6.45) is 0. The molecule has 0 saturated carbocycles. The van der Waals surface area contributed by atoms with Crippen molar-refractivity contribution < 1.29 is 0 Å². The van der Waals surface area contributed by atoms with Gasteiger partial charge in [0.15, 0.2) is 0 Å². The minimum Gasteiger partial charge on any atom is -0.0619 e. The van der Waals surface area contributed by atoms with E-state index in [2.05, 4.69) is 119 Å². The molecule has 0 saturated heterocycles. The van der Waals surface area contributed by atoms with Crippen LogP contribution in [0.5, 0.6) is 0 Å². The van der Waals surface area contributed by atoms with Crippen molar-refractivity contribution in [1.82, 2.24) is 0 Å². The molecule has 0 nitrogen and oxygen atoms in total. The average Bonchev–Trinajstić information content (AvgIpc) is 3.01. The SMILES string of the molecule is CC(C)c1ccc(-c2ccc(-c3ccc4c(c3)C(C)(C)c3ccccc3-4)cc2)cc1. The maximum atomic E-state index is 2.39. The third kappa shape index (κ3) is 2.99. The maximum Gasteiger partial charge on any atom is 0.0159 e. The van der Waals surface area contributed by atoms with Crippen LogP contribution in [0.4, 0.5) is 0 Å². The zero-order valence-corrected chi connectivity index (χ0v) is 18.2. The third-order valence-corrected chi connectivity index (χ3v) is 6.71. The fourth-order valence-electron chi connectivity index (χ4n) is 4.80. The van der Waals surface area contributed by atoms with Crippen LogP contribution < -0.4 is 0 Å². The highest BCUT2D eigenvalue weighted by Gasteiger charge is 2.35. The molecule has 30 heavy (non-hydrogen) atoms. The van der Waals surface area contributed by atoms with E-state index in [9.17, 15) is 0 Å². The minimum atomic E-state index is 0.0417. The molecule has 0 aliphatic heterocycles. The van der Waals surface area contributed by atoms with Gasteiger partial charge in [-0.05, 0) is 62.1 Å². The summed E-state index contributed by atoms with van der Waals surface area (Å²) in [5.41, 5.74) is 12.1. The first kappa shape index (κ1) is 18.9. The van der Waals surface area contributed by atoms with Crippen molar-refractivity contribution >= 4 is 0 Å². The smallest absolute Gasteiger partial charge is 0.0159 e. The average molecular weight is 389 g/mol. The first-order chi connectivity index (χ1) is 14.4. The lowest BCUT2D eigenvalue weighted by Gasteiger charge is -2.22. The molecule has 0 fully saturated rings. The van der Waals surface area contributed by atoms with Crippen LogP contribution in [0.15, 0.2) is 91.0 Å². The van der Waals surface area contributed by atoms with Gasteiger partial charge in [-0.3, -0.25) is 0 Å². The van der Waals surface area contributed by atoms with Gasteiger partial charge in [0.2, 0.25) is 0 Å². The standard InChI is InChI=1S/C30H28/c1-20(2)21-9-11-22(12-10-21)23-13-15-24(16-14-23)25-17-18-27-26-7-5-6-8-28(26)30(3,4)29(27)19-25/h5-20H,1-4H3. The Morgan fingerprint density at radius 2 is 1.03 bits per heavy atom. The lowest BCUT2D eigenvalue weighted by molar-refractivity contribution is 0.660. The van der Waals surface area contributed by atoms with E-state index in [-0.39, 0.29) is 5.41 Å². The van der Waals surface area contributed by atoms with Crippen molar-refractivity contribution in [3.05, 3.63) is 108 Å². The number of rotatable bonds is 3. The second-order valence-electron chi connectivity index (χ2n) is 9.29. The summed E-state index contributed by atoms with van der Waals surface area (Å²) < 4.78 is 0. The number of benzene rings is 4. The molecule has 0 radical (unpaired) electrons. The molecule has 0 N–H and O–H groups in total. The summed E-state index contributed by atoms with van der Waals surface area (Å²) in [4.78, 5) is 0. The molecule has 1 aliphatic rings. The zero-order chi connectivity index (χ0) is 20.9. The van der Waals surface area contributed by atoms with Gasteiger partial charge in [0, 0.05) is 5.41 Å². The van der Waals surface area contributed by atoms with Crippen LogP contribution in [0.1, 0.15) is 50.3 Å². The highest BCUT2D eigenvalue weighted by molar-refractivity contribution is 5.83. The summed E-state index contributed by atoms with van der Waals surface area (Å²) >= 11 is 0. The van der Waals surface area contributed by atoms with E-state index < -0.39 is 0 Å². The lowest BCUT2D eigenvalue weighted by Crippen LogP contribution is -2.14. The van der Waals surface area contributed by atoms with Gasteiger partial charge in [0.25, 0.3) is 0 Å². The van der Waals surface area contributed by atoms with Crippen molar-refractivity contribution in [1.29, 1.82) is 0 Å². The predicted octanol–water partition coefficient (Wildman–Crippen LogP) is 8.45. The van der Waals surface area contributed by atoms with Gasteiger partial charge < -0.3 is 0 Å². The minimum absolute atomic E-state index is 0.0417. The van der Waals surface area contributed by atoms with Crippen LogP contribution in [0.3, 0.4) is 0 Å². The van der Waals surface area contributed by atoms with Gasteiger partial charge in [0.05, 0.1) is 0 Å². The van der Waals surface area contributed by atoms with E-state index >= 15 is 0 Å². The fraction of sp³-hybridized carbons (Fsp3) is 0.200. The van der Waals surface area contributed by atoms with Crippen LogP contribution >= 0.6 is 0 Å². The first-order valence-corrected chi connectivity index (χ1v) is 10.9. The molecule has 0 amide bonds. The monoisotopic (exact) mass is 388 g/mol. The molecular formula is C30H28. The van der Waals surface area contributed by atoms with Crippen molar-refractivity contribution in [3.63, 3.8) is 0 Å². The summed E-state index contributed by atoms with van der Waals surface area (Å²) in [5, 5.41) is 0. The van der Waals surface area contributed by atoms with Gasteiger partial charge in [-0.2, -0.15) is 0 Å². The van der Waals surface area contributed by atoms with Gasteiger partial charge in [0.1, 0.15) is 0 Å². The van der Waals surface area contributed by atoms with Gasteiger partial charge in [-0.15, -0.1) is 0 Å². The summed E-state index contributed by atoms with van der Waals surface area (Å²) in [6.45, 7) is 9.15. The second-order valence-corrected chi connectivity index (χ2v) is 9.29. The zero-order valence-electron chi connectivity index (χ0n) is 18.2. The molecule has 5 rings (SSSR count). The summed E-state index contributed by atoms with van der Waals surface area (Å²) in [7, 11) is 0. The maximum absolute atomic E-state index is 2.39. The Bertz CT molecular complexity index is 1210. The molecule has 4 aromatic carbocycles. The number of hydrogen-bond donors (Lipinski definition) is 0. The van der Waals surface area contributed by atoms with E-state index in [1.807, 2.05) is 0 Å².